The lowest BCUT2D eigenvalue weighted by atomic mass is 9.99. The zero-order valence-electron chi connectivity index (χ0n) is 11.8. The second-order valence-corrected chi connectivity index (χ2v) is 6.40. The summed E-state index contributed by atoms with van der Waals surface area (Å²) in [6.07, 6.45) is 1.62. The van der Waals surface area contributed by atoms with Crippen LogP contribution in [0.3, 0.4) is 0 Å². The maximum atomic E-state index is 11.5. The van der Waals surface area contributed by atoms with Crippen LogP contribution in [0.1, 0.15) is 20.8 Å². The number of amides is 1. The summed E-state index contributed by atoms with van der Waals surface area (Å²) in [5.74, 6) is 0.605. The van der Waals surface area contributed by atoms with Gasteiger partial charge in [0.1, 0.15) is 11.3 Å². The van der Waals surface area contributed by atoms with Gasteiger partial charge in [0, 0.05) is 17.8 Å². The van der Waals surface area contributed by atoms with E-state index in [1.807, 2.05) is 12.1 Å². The zero-order valence-corrected chi connectivity index (χ0v) is 13.4. The van der Waals surface area contributed by atoms with Gasteiger partial charge in [-0.15, -0.1) is 0 Å². The molecule has 0 radical (unpaired) electrons. The molecule has 1 N–H and O–H groups in total. The van der Waals surface area contributed by atoms with Gasteiger partial charge in [-0.1, -0.05) is 36.7 Å². The van der Waals surface area contributed by atoms with Crippen molar-refractivity contribution in [1.29, 1.82) is 0 Å². The maximum absolute atomic E-state index is 11.5. The number of hydrogen-bond acceptors (Lipinski definition) is 3. The van der Waals surface area contributed by atoms with E-state index in [9.17, 15) is 4.79 Å². The van der Waals surface area contributed by atoms with Gasteiger partial charge in [0.2, 0.25) is 5.91 Å². The molecule has 0 atom stereocenters. The molecular formula is C15H18BrNO3. The molecule has 20 heavy (non-hydrogen) atoms. The third-order valence-electron chi connectivity index (χ3n) is 2.60. The predicted molar refractivity (Wildman–Crippen MR) is 83.6 cm³/mol. The third kappa shape index (κ3) is 3.76. The van der Waals surface area contributed by atoms with E-state index in [2.05, 4.69) is 42.0 Å². The summed E-state index contributed by atoms with van der Waals surface area (Å²) in [5.41, 5.74) is 1.42. The molecule has 0 aliphatic rings. The number of alkyl halides is 1. The van der Waals surface area contributed by atoms with Crippen LogP contribution >= 0.6 is 15.9 Å². The highest BCUT2D eigenvalue weighted by molar-refractivity contribution is 9.09. The van der Waals surface area contributed by atoms with Gasteiger partial charge >= 0.3 is 0 Å². The number of hydrogen-bond donors (Lipinski definition) is 1. The normalized spacial score (nSPS) is 11.6. The van der Waals surface area contributed by atoms with Crippen molar-refractivity contribution in [2.45, 2.75) is 20.8 Å². The van der Waals surface area contributed by atoms with E-state index in [1.165, 1.54) is 0 Å². The molecule has 108 valence electrons. The SMILES string of the molecule is CC(C)(C)COc1cc(NC(=O)CBr)cc2occc12. The maximum Gasteiger partial charge on any atom is 0.235 e. The van der Waals surface area contributed by atoms with Gasteiger partial charge in [0.15, 0.2) is 0 Å². The Hall–Kier alpha value is -1.49. The van der Waals surface area contributed by atoms with Crippen molar-refractivity contribution in [3.05, 3.63) is 24.5 Å². The number of ether oxygens (including phenoxy) is 1. The lowest BCUT2D eigenvalue weighted by molar-refractivity contribution is -0.113. The smallest absolute Gasteiger partial charge is 0.235 e. The Kier molecular flexibility index (Phi) is 4.38. The second kappa shape index (κ2) is 5.87. The molecule has 1 amide bonds. The number of nitrogens with one attached hydrogen (secondary N) is 1. The molecule has 1 heterocycles. The van der Waals surface area contributed by atoms with E-state index in [4.69, 9.17) is 9.15 Å². The van der Waals surface area contributed by atoms with Crippen molar-refractivity contribution in [3.63, 3.8) is 0 Å². The van der Waals surface area contributed by atoms with Gasteiger partial charge < -0.3 is 14.5 Å². The first-order chi connectivity index (χ1) is 9.39. The molecule has 0 saturated carbocycles. The fourth-order valence-corrected chi connectivity index (χ4v) is 1.86. The standard InChI is InChI=1S/C15H18BrNO3/c1-15(2,3)9-20-13-7-10(17-14(18)8-16)6-12-11(13)4-5-19-12/h4-7H,8-9H2,1-3H3,(H,17,18). The number of benzene rings is 1. The minimum absolute atomic E-state index is 0.0607. The average Bonchev–Trinajstić information content (AvgIpc) is 2.83. The Morgan fingerprint density at radius 1 is 1.40 bits per heavy atom. The molecule has 0 saturated heterocycles. The van der Waals surface area contributed by atoms with E-state index < -0.39 is 0 Å². The molecule has 4 nitrogen and oxygen atoms in total. The predicted octanol–water partition coefficient (Wildman–Crippen LogP) is 4.19. The quantitative estimate of drug-likeness (QED) is 0.849. The average molecular weight is 340 g/mol. The molecule has 0 aliphatic heterocycles. The number of furan rings is 1. The Bertz CT molecular complexity index is 613. The Morgan fingerprint density at radius 3 is 2.80 bits per heavy atom. The Morgan fingerprint density at radius 2 is 2.15 bits per heavy atom. The van der Waals surface area contributed by atoms with Crippen molar-refractivity contribution >= 4 is 38.5 Å². The molecule has 2 aromatic rings. The lowest BCUT2D eigenvalue weighted by Crippen LogP contribution is -2.17. The van der Waals surface area contributed by atoms with Crippen LogP contribution in [-0.4, -0.2) is 17.8 Å². The van der Waals surface area contributed by atoms with E-state index in [1.54, 1.807) is 12.3 Å². The summed E-state index contributed by atoms with van der Waals surface area (Å²) in [4.78, 5) is 11.5. The van der Waals surface area contributed by atoms with Gasteiger partial charge in [0.25, 0.3) is 0 Å². The Balaban J connectivity index is 2.30. The van der Waals surface area contributed by atoms with Crippen LogP contribution < -0.4 is 10.1 Å². The summed E-state index contributed by atoms with van der Waals surface area (Å²) in [7, 11) is 0. The van der Waals surface area contributed by atoms with Crippen molar-refractivity contribution in [1.82, 2.24) is 0 Å². The number of carbonyl (C=O) groups is 1. The van der Waals surface area contributed by atoms with Crippen molar-refractivity contribution in [2.24, 2.45) is 5.41 Å². The first-order valence-electron chi connectivity index (χ1n) is 6.39. The third-order valence-corrected chi connectivity index (χ3v) is 3.11. The lowest BCUT2D eigenvalue weighted by Gasteiger charge is -2.19. The van der Waals surface area contributed by atoms with Gasteiger partial charge in [-0.05, 0) is 11.5 Å². The Labute approximate surface area is 126 Å². The fraction of sp³-hybridized carbons (Fsp3) is 0.400. The number of rotatable bonds is 4. The largest absolute Gasteiger partial charge is 0.492 e. The number of anilines is 1. The molecule has 5 heteroatoms. The van der Waals surface area contributed by atoms with E-state index in [0.717, 1.165) is 11.1 Å². The molecule has 0 unspecified atom stereocenters. The molecule has 1 aromatic heterocycles. The van der Waals surface area contributed by atoms with E-state index in [-0.39, 0.29) is 16.7 Å². The zero-order chi connectivity index (χ0) is 14.8. The van der Waals surface area contributed by atoms with Gasteiger partial charge in [-0.2, -0.15) is 0 Å². The van der Waals surface area contributed by atoms with Gasteiger partial charge in [-0.25, -0.2) is 0 Å². The molecule has 0 bridgehead atoms. The first kappa shape index (κ1) is 14.9. The minimum Gasteiger partial charge on any atom is -0.492 e. The number of fused-ring (bicyclic) bond motifs is 1. The highest BCUT2D eigenvalue weighted by atomic mass is 79.9. The molecule has 0 spiro atoms. The van der Waals surface area contributed by atoms with Crippen LogP contribution in [0.4, 0.5) is 5.69 Å². The first-order valence-corrected chi connectivity index (χ1v) is 7.51. The summed E-state index contributed by atoms with van der Waals surface area (Å²) >= 11 is 3.12. The molecular weight excluding hydrogens is 322 g/mol. The fourth-order valence-electron chi connectivity index (χ4n) is 1.72. The van der Waals surface area contributed by atoms with Crippen LogP contribution in [0, 0.1) is 5.41 Å². The van der Waals surface area contributed by atoms with Gasteiger partial charge in [0.05, 0.1) is 23.6 Å². The van der Waals surface area contributed by atoms with Crippen LogP contribution in [-0.2, 0) is 4.79 Å². The highest BCUT2D eigenvalue weighted by Crippen LogP contribution is 2.32. The number of halogens is 1. The van der Waals surface area contributed by atoms with Crippen molar-refractivity contribution < 1.29 is 13.9 Å². The van der Waals surface area contributed by atoms with Crippen LogP contribution in [0.2, 0.25) is 0 Å². The van der Waals surface area contributed by atoms with Crippen LogP contribution in [0.25, 0.3) is 11.0 Å². The van der Waals surface area contributed by atoms with Crippen molar-refractivity contribution in [3.8, 4) is 5.75 Å². The van der Waals surface area contributed by atoms with E-state index in [0.29, 0.717) is 17.9 Å². The minimum atomic E-state index is -0.113. The second-order valence-electron chi connectivity index (χ2n) is 5.84. The summed E-state index contributed by atoms with van der Waals surface area (Å²) in [6.45, 7) is 6.91. The monoisotopic (exact) mass is 339 g/mol. The van der Waals surface area contributed by atoms with Crippen molar-refractivity contribution in [2.75, 3.05) is 17.3 Å². The van der Waals surface area contributed by atoms with Gasteiger partial charge in [-0.3, -0.25) is 4.79 Å². The molecule has 1 aromatic carbocycles. The molecule has 0 fully saturated rings. The van der Waals surface area contributed by atoms with Crippen LogP contribution in [0.15, 0.2) is 28.9 Å². The summed E-state index contributed by atoms with van der Waals surface area (Å²) in [6, 6.07) is 5.48. The molecule has 2 rings (SSSR count). The summed E-state index contributed by atoms with van der Waals surface area (Å²) in [5, 5.41) is 3.95. The highest BCUT2D eigenvalue weighted by Gasteiger charge is 2.14. The van der Waals surface area contributed by atoms with E-state index >= 15 is 0 Å². The topological polar surface area (TPSA) is 51.5 Å². The number of carbonyl (C=O) groups excluding carboxylic acids is 1. The summed E-state index contributed by atoms with van der Waals surface area (Å²) < 4.78 is 11.3. The molecule has 0 aliphatic carbocycles. The van der Waals surface area contributed by atoms with Crippen LogP contribution in [0.5, 0.6) is 5.75 Å².